The summed E-state index contributed by atoms with van der Waals surface area (Å²) in [6, 6.07) is 7.02. The van der Waals surface area contributed by atoms with Gasteiger partial charge in [0.1, 0.15) is 5.82 Å². The van der Waals surface area contributed by atoms with Crippen LogP contribution in [0.25, 0.3) is 0 Å². The van der Waals surface area contributed by atoms with E-state index in [0.717, 1.165) is 6.54 Å². The maximum Gasteiger partial charge on any atom is 0.123 e. The Hall–Kier alpha value is -0.890. The van der Waals surface area contributed by atoms with Crippen molar-refractivity contribution in [1.82, 2.24) is 5.32 Å². The second-order valence-electron chi connectivity index (χ2n) is 4.48. The Bertz CT molecular complexity index is 340. The van der Waals surface area contributed by atoms with Gasteiger partial charge in [-0.05, 0) is 43.5 Å². The summed E-state index contributed by atoms with van der Waals surface area (Å²) in [6.07, 6.45) is 3.77. The molecule has 1 N–H and O–H groups in total. The maximum atomic E-state index is 12.8. The first-order valence-corrected chi connectivity index (χ1v) is 5.31. The van der Waals surface area contributed by atoms with E-state index in [1.54, 1.807) is 12.1 Å². The van der Waals surface area contributed by atoms with Crippen molar-refractivity contribution in [2.75, 3.05) is 6.54 Å². The van der Waals surface area contributed by atoms with E-state index in [1.165, 1.54) is 24.8 Å². The van der Waals surface area contributed by atoms with Crippen LogP contribution in [0.5, 0.6) is 0 Å². The topological polar surface area (TPSA) is 12.0 Å². The number of halogens is 1. The van der Waals surface area contributed by atoms with E-state index in [9.17, 15) is 4.39 Å². The van der Waals surface area contributed by atoms with Gasteiger partial charge < -0.3 is 5.32 Å². The molecule has 2 fully saturated rings. The summed E-state index contributed by atoms with van der Waals surface area (Å²) in [5.41, 5.74) is 1.69. The van der Waals surface area contributed by atoms with Crippen molar-refractivity contribution in [2.45, 2.75) is 30.7 Å². The lowest BCUT2D eigenvalue weighted by Gasteiger charge is -2.18. The minimum Gasteiger partial charge on any atom is -0.311 e. The van der Waals surface area contributed by atoms with Crippen LogP contribution in [0, 0.1) is 5.82 Å². The molecule has 1 aromatic rings. The SMILES string of the molecule is Fc1ccc(C2CCNC23CC3)cc1. The first-order valence-electron chi connectivity index (χ1n) is 5.31. The highest BCUT2D eigenvalue weighted by Crippen LogP contribution is 2.51. The van der Waals surface area contributed by atoms with Crippen molar-refractivity contribution in [3.63, 3.8) is 0 Å². The molecule has 1 atom stereocenters. The van der Waals surface area contributed by atoms with Crippen molar-refractivity contribution in [2.24, 2.45) is 0 Å². The lowest BCUT2D eigenvalue weighted by molar-refractivity contribution is 0.533. The Kier molecular flexibility index (Phi) is 1.68. The average Bonchev–Trinajstić information content (AvgIpc) is 2.82. The number of rotatable bonds is 1. The molecule has 74 valence electrons. The zero-order chi connectivity index (χ0) is 9.60. The molecule has 1 heterocycles. The minimum atomic E-state index is -0.135. The molecule has 1 saturated carbocycles. The van der Waals surface area contributed by atoms with Gasteiger partial charge in [-0.1, -0.05) is 12.1 Å². The van der Waals surface area contributed by atoms with Crippen molar-refractivity contribution in [3.8, 4) is 0 Å². The monoisotopic (exact) mass is 191 g/mol. The molecule has 1 spiro atoms. The Morgan fingerprint density at radius 1 is 1.21 bits per heavy atom. The van der Waals surface area contributed by atoms with Gasteiger partial charge in [-0.2, -0.15) is 0 Å². The van der Waals surface area contributed by atoms with E-state index in [-0.39, 0.29) is 5.82 Å². The Morgan fingerprint density at radius 2 is 1.93 bits per heavy atom. The average molecular weight is 191 g/mol. The zero-order valence-electron chi connectivity index (χ0n) is 8.09. The molecular weight excluding hydrogens is 177 g/mol. The van der Waals surface area contributed by atoms with Gasteiger partial charge in [-0.25, -0.2) is 4.39 Å². The summed E-state index contributed by atoms with van der Waals surface area (Å²) < 4.78 is 12.8. The molecule has 14 heavy (non-hydrogen) atoms. The number of hydrogen-bond donors (Lipinski definition) is 1. The molecule has 1 aliphatic heterocycles. The predicted molar refractivity (Wildman–Crippen MR) is 53.7 cm³/mol. The summed E-state index contributed by atoms with van der Waals surface area (Å²) in [4.78, 5) is 0. The summed E-state index contributed by atoms with van der Waals surface area (Å²) >= 11 is 0. The minimum absolute atomic E-state index is 0.135. The van der Waals surface area contributed by atoms with Gasteiger partial charge in [-0.3, -0.25) is 0 Å². The van der Waals surface area contributed by atoms with Crippen LogP contribution < -0.4 is 5.32 Å². The van der Waals surface area contributed by atoms with E-state index in [4.69, 9.17) is 0 Å². The van der Waals surface area contributed by atoms with Crippen molar-refractivity contribution in [3.05, 3.63) is 35.6 Å². The van der Waals surface area contributed by atoms with Crippen molar-refractivity contribution >= 4 is 0 Å². The summed E-state index contributed by atoms with van der Waals surface area (Å²) in [7, 11) is 0. The third-order valence-corrected chi connectivity index (χ3v) is 3.64. The highest BCUT2D eigenvalue weighted by atomic mass is 19.1. The maximum absolute atomic E-state index is 12.8. The molecule has 2 aliphatic rings. The molecule has 0 aromatic heterocycles. The lowest BCUT2D eigenvalue weighted by Crippen LogP contribution is -2.27. The highest BCUT2D eigenvalue weighted by Gasteiger charge is 2.52. The molecule has 1 unspecified atom stereocenters. The van der Waals surface area contributed by atoms with E-state index >= 15 is 0 Å². The number of nitrogens with one attached hydrogen (secondary N) is 1. The normalized spacial score (nSPS) is 28.2. The molecule has 1 aromatic carbocycles. The van der Waals surface area contributed by atoms with E-state index in [1.807, 2.05) is 12.1 Å². The third kappa shape index (κ3) is 1.17. The molecule has 2 heteroatoms. The van der Waals surface area contributed by atoms with Crippen molar-refractivity contribution in [1.29, 1.82) is 0 Å². The standard InChI is InChI=1S/C12H14FN/c13-10-3-1-9(2-4-10)11-5-8-14-12(11)6-7-12/h1-4,11,14H,5-8H2. The quantitative estimate of drug-likeness (QED) is 0.719. The molecule has 1 aliphatic carbocycles. The smallest absolute Gasteiger partial charge is 0.123 e. The van der Waals surface area contributed by atoms with Gasteiger partial charge in [-0.15, -0.1) is 0 Å². The zero-order valence-corrected chi connectivity index (χ0v) is 8.09. The van der Waals surface area contributed by atoms with Crippen LogP contribution in [0.3, 0.4) is 0 Å². The van der Waals surface area contributed by atoms with Crippen LogP contribution in [-0.4, -0.2) is 12.1 Å². The van der Waals surface area contributed by atoms with Crippen LogP contribution in [0.1, 0.15) is 30.7 Å². The second kappa shape index (κ2) is 2.80. The third-order valence-electron chi connectivity index (χ3n) is 3.64. The number of benzene rings is 1. The molecule has 0 radical (unpaired) electrons. The Labute approximate surface area is 83.3 Å². The van der Waals surface area contributed by atoms with Gasteiger partial charge in [0.15, 0.2) is 0 Å². The van der Waals surface area contributed by atoms with Gasteiger partial charge in [0.05, 0.1) is 0 Å². The molecule has 0 bridgehead atoms. The molecular formula is C12H14FN. The van der Waals surface area contributed by atoms with E-state index in [0.29, 0.717) is 11.5 Å². The lowest BCUT2D eigenvalue weighted by atomic mass is 9.90. The largest absolute Gasteiger partial charge is 0.311 e. The first-order chi connectivity index (χ1) is 6.80. The fourth-order valence-corrected chi connectivity index (χ4v) is 2.71. The summed E-state index contributed by atoms with van der Waals surface area (Å²) in [6.45, 7) is 1.11. The Morgan fingerprint density at radius 3 is 2.57 bits per heavy atom. The Balaban J connectivity index is 1.91. The van der Waals surface area contributed by atoms with Crippen LogP contribution in [0.2, 0.25) is 0 Å². The van der Waals surface area contributed by atoms with Gasteiger partial charge in [0.2, 0.25) is 0 Å². The first kappa shape index (κ1) is 8.42. The van der Waals surface area contributed by atoms with E-state index in [2.05, 4.69) is 5.32 Å². The van der Waals surface area contributed by atoms with E-state index < -0.39 is 0 Å². The molecule has 1 saturated heterocycles. The van der Waals surface area contributed by atoms with Crippen LogP contribution in [-0.2, 0) is 0 Å². The number of hydrogen-bond acceptors (Lipinski definition) is 1. The second-order valence-corrected chi connectivity index (χ2v) is 4.48. The molecule has 1 nitrogen and oxygen atoms in total. The van der Waals surface area contributed by atoms with Gasteiger partial charge in [0.25, 0.3) is 0 Å². The van der Waals surface area contributed by atoms with Crippen LogP contribution >= 0.6 is 0 Å². The van der Waals surface area contributed by atoms with Crippen molar-refractivity contribution < 1.29 is 4.39 Å². The van der Waals surface area contributed by atoms with Gasteiger partial charge >= 0.3 is 0 Å². The molecule has 0 amide bonds. The van der Waals surface area contributed by atoms with Crippen LogP contribution in [0.15, 0.2) is 24.3 Å². The highest BCUT2D eigenvalue weighted by molar-refractivity contribution is 5.30. The fraction of sp³-hybridized carbons (Fsp3) is 0.500. The fourth-order valence-electron chi connectivity index (χ4n) is 2.71. The summed E-state index contributed by atoms with van der Waals surface area (Å²) in [5.74, 6) is 0.479. The van der Waals surface area contributed by atoms with Gasteiger partial charge in [0, 0.05) is 11.5 Å². The molecule has 3 rings (SSSR count). The van der Waals surface area contributed by atoms with Crippen LogP contribution in [0.4, 0.5) is 4.39 Å². The summed E-state index contributed by atoms with van der Waals surface area (Å²) in [5, 5.41) is 3.58. The predicted octanol–water partition coefficient (Wildman–Crippen LogP) is 2.44.